The van der Waals surface area contributed by atoms with E-state index in [0.717, 1.165) is 10.1 Å². The van der Waals surface area contributed by atoms with Crippen molar-refractivity contribution in [1.82, 2.24) is 4.57 Å². The Labute approximate surface area is 104 Å². The predicted molar refractivity (Wildman–Crippen MR) is 67.9 cm³/mol. The van der Waals surface area contributed by atoms with Crippen LogP contribution in [-0.2, 0) is 0 Å². The highest BCUT2D eigenvalue weighted by molar-refractivity contribution is 5.47. The maximum atomic E-state index is 12.2. The van der Waals surface area contributed by atoms with E-state index in [-0.39, 0.29) is 11.4 Å². The van der Waals surface area contributed by atoms with Crippen LogP contribution in [0.3, 0.4) is 0 Å². The molecule has 0 aliphatic heterocycles. The van der Waals surface area contributed by atoms with Crippen molar-refractivity contribution in [2.24, 2.45) is 0 Å². The number of hydrogen-bond acceptors (Lipinski definition) is 3. The molecule has 0 atom stereocenters. The quantitative estimate of drug-likeness (QED) is 0.829. The second-order valence-electron chi connectivity index (χ2n) is 4.10. The summed E-state index contributed by atoms with van der Waals surface area (Å²) in [7, 11) is 0. The molecule has 0 unspecified atom stereocenters. The van der Waals surface area contributed by atoms with Crippen molar-refractivity contribution in [3.63, 3.8) is 0 Å². The van der Waals surface area contributed by atoms with Gasteiger partial charge in [-0.15, -0.1) is 0 Å². The van der Waals surface area contributed by atoms with Crippen molar-refractivity contribution >= 4 is 0 Å². The predicted octanol–water partition coefficient (Wildman–Crippen LogP) is 2.03. The lowest BCUT2D eigenvalue weighted by Gasteiger charge is -2.12. The summed E-state index contributed by atoms with van der Waals surface area (Å²) in [5.74, 6) is -0.161. The summed E-state index contributed by atoms with van der Waals surface area (Å²) in [6.07, 6.45) is 0. The molecule has 0 amide bonds. The van der Waals surface area contributed by atoms with Crippen LogP contribution < -0.4 is 5.56 Å². The number of nitriles is 1. The Morgan fingerprint density at radius 2 is 1.89 bits per heavy atom. The number of pyridine rings is 1. The standard InChI is InChI=1S/C14H12N2O2/c1-9-5-3-4-6-12(9)16-13(17)7-10(2)11(8-15)14(16)18/h3-7,17H,1-2H3. The molecule has 0 fully saturated rings. The fourth-order valence-electron chi connectivity index (χ4n) is 1.90. The van der Waals surface area contributed by atoms with Crippen LogP contribution in [-0.4, -0.2) is 9.67 Å². The van der Waals surface area contributed by atoms with Gasteiger partial charge in [-0.3, -0.25) is 4.79 Å². The van der Waals surface area contributed by atoms with E-state index in [9.17, 15) is 9.90 Å². The smallest absolute Gasteiger partial charge is 0.276 e. The largest absolute Gasteiger partial charge is 0.494 e. The zero-order chi connectivity index (χ0) is 13.3. The fraction of sp³-hybridized carbons (Fsp3) is 0.143. The van der Waals surface area contributed by atoms with Crippen LogP contribution >= 0.6 is 0 Å². The summed E-state index contributed by atoms with van der Waals surface area (Å²) >= 11 is 0. The summed E-state index contributed by atoms with van der Waals surface area (Å²) < 4.78 is 1.15. The average molecular weight is 240 g/mol. The molecule has 0 spiro atoms. The van der Waals surface area contributed by atoms with E-state index < -0.39 is 5.56 Å². The summed E-state index contributed by atoms with van der Waals surface area (Å²) in [4.78, 5) is 12.2. The molecule has 1 N–H and O–H groups in total. The lowest BCUT2D eigenvalue weighted by Crippen LogP contribution is -2.22. The molecule has 0 radical (unpaired) electrons. The van der Waals surface area contributed by atoms with Gasteiger partial charge < -0.3 is 5.11 Å². The highest BCUT2D eigenvalue weighted by atomic mass is 16.3. The van der Waals surface area contributed by atoms with Crippen LogP contribution in [0, 0.1) is 25.2 Å². The molecule has 1 heterocycles. The zero-order valence-electron chi connectivity index (χ0n) is 10.1. The van der Waals surface area contributed by atoms with Crippen molar-refractivity contribution in [2.45, 2.75) is 13.8 Å². The minimum absolute atomic E-state index is 0.0519. The molecule has 0 bridgehead atoms. The van der Waals surface area contributed by atoms with Gasteiger partial charge in [0.2, 0.25) is 0 Å². The van der Waals surface area contributed by atoms with Gasteiger partial charge in [-0.25, -0.2) is 4.57 Å². The topological polar surface area (TPSA) is 66.0 Å². The molecule has 2 rings (SSSR count). The number of hydrogen-bond donors (Lipinski definition) is 1. The Kier molecular flexibility index (Phi) is 2.90. The van der Waals surface area contributed by atoms with Crippen LogP contribution in [0.25, 0.3) is 5.69 Å². The van der Waals surface area contributed by atoms with Gasteiger partial charge in [0.25, 0.3) is 5.56 Å². The van der Waals surface area contributed by atoms with Crippen LogP contribution in [0.5, 0.6) is 5.88 Å². The normalized spacial score (nSPS) is 10.1. The molecule has 18 heavy (non-hydrogen) atoms. The van der Waals surface area contributed by atoms with E-state index in [0.29, 0.717) is 11.3 Å². The second kappa shape index (κ2) is 4.38. The monoisotopic (exact) mass is 240 g/mol. The molecule has 90 valence electrons. The Morgan fingerprint density at radius 1 is 1.22 bits per heavy atom. The molecule has 0 saturated heterocycles. The number of aromatic hydroxyl groups is 1. The SMILES string of the molecule is Cc1ccccc1-n1c(O)cc(C)c(C#N)c1=O. The molecule has 0 saturated carbocycles. The molecule has 0 aliphatic carbocycles. The first-order valence-corrected chi connectivity index (χ1v) is 5.48. The van der Waals surface area contributed by atoms with Crippen molar-refractivity contribution in [3.05, 3.63) is 57.4 Å². The van der Waals surface area contributed by atoms with Crippen molar-refractivity contribution < 1.29 is 5.11 Å². The van der Waals surface area contributed by atoms with Gasteiger partial charge in [-0.1, -0.05) is 18.2 Å². The van der Waals surface area contributed by atoms with E-state index in [1.165, 1.54) is 6.07 Å². The molecule has 4 nitrogen and oxygen atoms in total. The summed E-state index contributed by atoms with van der Waals surface area (Å²) in [6.45, 7) is 3.47. The van der Waals surface area contributed by atoms with Gasteiger partial charge >= 0.3 is 0 Å². The maximum Gasteiger partial charge on any atom is 0.276 e. The molecule has 2 aromatic rings. The summed E-state index contributed by atoms with van der Waals surface area (Å²) in [5.41, 5.74) is 1.46. The number of para-hydroxylation sites is 1. The van der Waals surface area contributed by atoms with Crippen LogP contribution in [0.15, 0.2) is 35.1 Å². The Balaban J connectivity index is 2.86. The van der Waals surface area contributed by atoms with E-state index in [4.69, 9.17) is 5.26 Å². The van der Waals surface area contributed by atoms with Crippen LogP contribution in [0.2, 0.25) is 0 Å². The fourth-order valence-corrected chi connectivity index (χ4v) is 1.90. The Bertz CT molecular complexity index is 709. The molecule has 4 heteroatoms. The van der Waals surface area contributed by atoms with Crippen molar-refractivity contribution in [1.29, 1.82) is 5.26 Å². The number of aromatic nitrogens is 1. The molecular formula is C14H12N2O2. The Hall–Kier alpha value is -2.54. The molecule has 1 aromatic carbocycles. The first-order chi connectivity index (χ1) is 8.56. The third kappa shape index (κ3) is 1.76. The molecule has 0 aliphatic rings. The number of aryl methyl sites for hydroxylation is 2. The maximum absolute atomic E-state index is 12.2. The van der Waals surface area contributed by atoms with E-state index in [2.05, 4.69) is 0 Å². The third-order valence-electron chi connectivity index (χ3n) is 2.85. The first-order valence-electron chi connectivity index (χ1n) is 5.48. The van der Waals surface area contributed by atoms with Gasteiger partial charge in [0.1, 0.15) is 11.6 Å². The number of nitrogens with zero attached hydrogens (tertiary/aromatic N) is 2. The third-order valence-corrected chi connectivity index (χ3v) is 2.85. The average Bonchev–Trinajstić information content (AvgIpc) is 2.31. The van der Waals surface area contributed by atoms with Gasteiger partial charge in [-0.2, -0.15) is 5.26 Å². The van der Waals surface area contributed by atoms with Gasteiger partial charge in [0.15, 0.2) is 5.88 Å². The minimum Gasteiger partial charge on any atom is -0.494 e. The lowest BCUT2D eigenvalue weighted by molar-refractivity contribution is 0.434. The highest BCUT2D eigenvalue weighted by Gasteiger charge is 2.14. The van der Waals surface area contributed by atoms with E-state index >= 15 is 0 Å². The van der Waals surface area contributed by atoms with Crippen molar-refractivity contribution in [3.8, 4) is 17.6 Å². The van der Waals surface area contributed by atoms with Gasteiger partial charge in [0.05, 0.1) is 5.69 Å². The van der Waals surface area contributed by atoms with E-state index in [1.54, 1.807) is 19.1 Å². The lowest BCUT2D eigenvalue weighted by atomic mass is 10.1. The molecular weight excluding hydrogens is 228 g/mol. The van der Waals surface area contributed by atoms with Crippen molar-refractivity contribution in [2.75, 3.05) is 0 Å². The minimum atomic E-state index is -0.496. The van der Waals surface area contributed by atoms with Gasteiger partial charge in [-0.05, 0) is 31.0 Å². The highest BCUT2D eigenvalue weighted by Crippen LogP contribution is 2.19. The number of benzene rings is 1. The Morgan fingerprint density at radius 3 is 2.50 bits per heavy atom. The van der Waals surface area contributed by atoms with Gasteiger partial charge in [0, 0.05) is 6.07 Å². The number of rotatable bonds is 1. The zero-order valence-corrected chi connectivity index (χ0v) is 10.1. The molecule has 1 aromatic heterocycles. The summed E-state index contributed by atoms with van der Waals surface area (Å²) in [6, 6.07) is 10.5. The first kappa shape index (κ1) is 11.9. The second-order valence-corrected chi connectivity index (χ2v) is 4.10. The van der Waals surface area contributed by atoms with E-state index in [1.807, 2.05) is 25.1 Å². The van der Waals surface area contributed by atoms with Crippen LogP contribution in [0.1, 0.15) is 16.7 Å². The van der Waals surface area contributed by atoms with Crippen LogP contribution in [0.4, 0.5) is 0 Å². The summed E-state index contributed by atoms with van der Waals surface area (Å²) in [5, 5.41) is 18.9.